The normalized spacial score (nSPS) is 10.8. The summed E-state index contributed by atoms with van der Waals surface area (Å²) >= 11 is 0. The second kappa shape index (κ2) is 12.9. The van der Waals surface area contributed by atoms with Gasteiger partial charge in [0.25, 0.3) is 0 Å². The smallest absolute Gasteiger partial charge is 0.141 e. The van der Waals surface area contributed by atoms with Crippen molar-refractivity contribution >= 4 is 17.3 Å². The zero-order valence-corrected chi connectivity index (χ0v) is 22.2. The van der Waals surface area contributed by atoms with E-state index in [1.807, 2.05) is 111 Å². The minimum absolute atomic E-state index is 0.108. The minimum Gasteiger partial charge on any atom is -0.299 e. The van der Waals surface area contributed by atoms with E-state index >= 15 is 0 Å². The van der Waals surface area contributed by atoms with Crippen LogP contribution in [0.3, 0.4) is 0 Å². The van der Waals surface area contributed by atoms with E-state index in [0.717, 1.165) is 44.5 Å². The maximum Gasteiger partial charge on any atom is 0.141 e. The summed E-state index contributed by atoms with van der Waals surface area (Å²) in [5.41, 5.74) is 8.07. The van der Waals surface area contributed by atoms with Gasteiger partial charge in [-0.15, -0.1) is 0 Å². The molecule has 0 spiro atoms. The molecular formula is C35H34O3. The highest BCUT2D eigenvalue weighted by atomic mass is 16.1. The molecule has 38 heavy (non-hydrogen) atoms. The Bertz CT molecular complexity index is 1340. The first-order valence-corrected chi connectivity index (χ1v) is 13.2. The van der Waals surface area contributed by atoms with Crippen molar-refractivity contribution in [2.24, 2.45) is 0 Å². The molecule has 0 aromatic heterocycles. The van der Waals surface area contributed by atoms with Crippen molar-refractivity contribution in [3.63, 3.8) is 0 Å². The molecule has 4 aromatic rings. The summed E-state index contributed by atoms with van der Waals surface area (Å²) in [7, 11) is 0. The molecule has 4 aromatic carbocycles. The Morgan fingerprint density at radius 1 is 0.421 bits per heavy atom. The lowest BCUT2D eigenvalue weighted by Crippen LogP contribution is -2.10. The fourth-order valence-corrected chi connectivity index (χ4v) is 4.84. The van der Waals surface area contributed by atoms with E-state index < -0.39 is 0 Å². The lowest BCUT2D eigenvalue weighted by molar-refractivity contribution is -0.118. The van der Waals surface area contributed by atoms with E-state index in [9.17, 15) is 14.4 Å². The van der Waals surface area contributed by atoms with Gasteiger partial charge >= 0.3 is 0 Å². The fraction of sp³-hybridized carbons (Fsp3) is 0.229. The third kappa shape index (κ3) is 7.94. The number of hydrogen-bond acceptors (Lipinski definition) is 3. The number of hydrogen-bond donors (Lipinski definition) is 0. The molecule has 0 heterocycles. The largest absolute Gasteiger partial charge is 0.299 e. The molecule has 3 nitrogen and oxygen atoms in total. The first-order chi connectivity index (χ1) is 18.4. The number of aryl methyl sites for hydroxylation is 2. The maximum absolute atomic E-state index is 12.9. The second-order valence-electron chi connectivity index (χ2n) is 10.2. The molecule has 192 valence electrons. The van der Waals surface area contributed by atoms with Crippen LogP contribution in [0.5, 0.6) is 0 Å². The molecule has 0 aliphatic rings. The molecule has 0 saturated heterocycles. The summed E-state index contributed by atoms with van der Waals surface area (Å²) in [4.78, 5) is 38.2. The number of carbonyl (C=O) groups is 3. The highest BCUT2D eigenvalue weighted by Gasteiger charge is 2.12. The first kappa shape index (κ1) is 26.9. The highest BCUT2D eigenvalue weighted by molar-refractivity contribution is 5.85. The summed E-state index contributed by atoms with van der Waals surface area (Å²) in [6.07, 6.45) is 2.18. The summed E-state index contributed by atoms with van der Waals surface area (Å²) in [5.74, 6) is 0.435. The van der Waals surface area contributed by atoms with E-state index in [2.05, 4.69) is 0 Å². The molecule has 0 unspecified atom stereocenters. The summed E-state index contributed by atoms with van der Waals surface area (Å²) < 4.78 is 0. The summed E-state index contributed by atoms with van der Waals surface area (Å²) in [6, 6.07) is 31.4. The molecule has 0 aliphatic carbocycles. The van der Waals surface area contributed by atoms with E-state index in [1.165, 1.54) is 0 Å². The van der Waals surface area contributed by atoms with Gasteiger partial charge in [0.05, 0.1) is 0 Å². The zero-order valence-electron chi connectivity index (χ0n) is 22.2. The van der Waals surface area contributed by atoms with Gasteiger partial charge in [0, 0.05) is 38.5 Å². The molecule has 3 heteroatoms. The Morgan fingerprint density at radius 2 is 0.737 bits per heavy atom. The van der Waals surface area contributed by atoms with Crippen LogP contribution in [0.25, 0.3) is 0 Å². The quantitative estimate of drug-likeness (QED) is 0.226. The van der Waals surface area contributed by atoms with Gasteiger partial charge in [-0.25, -0.2) is 0 Å². The van der Waals surface area contributed by atoms with Crippen molar-refractivity contribution in [1.29, 1.82) is 0 Å². The predicted octanol–water partition coefficient (Wildman–Crippen LogP) is 6.37. The van der Waals surface area contributed by atoms with Crippen LogP contribution in [0.1, 0.15) is 44.5 Å². The van der Waals surface area contributed by atoms with E-state index in [4.69, 9.17) is 0 Å². The van der Waals surface area contributed by atoms with Crippen molar-refractivity contribution in [3.8, 4) is 0 Å². The summed E-state index contributed by atoms with van der Waals surface area (Å²) in [5, 5.41) is 0. The van der Waals surface area contributed by atoms with Crippen molar-refractivity contribution in [3.05, 3.63) is 142 Å². The average Bonchev–Trinajstić information content (AvgIpc) is 2.87. The Hall–Kier alpha value is -4.11. The van der Waals surface area contributed by atoms with Crippen molar-refractivity contribution in [2.75, 3.05) is 0 Å². The Morgan fingerprint density at radius 3 is 1.08 bits per heavy atom. The van der Waals surface area contributed by atoms with Crippen molar-refractivity contribution in [2.45, 2.75) is 52.4 Å². The SMILES string of the molecule is Cc1ccccc1CC(=O)Cc1cccc(CC(=O)Cc2cccc(CC(=O)Cc3ccccc3C)c2)c1. The molecule has 0 saturated carbocycles. The Kier molecular flexibility index (Phi) is 9.16. The number of benzene rings is 4. The molecule has 0 atom stereocenters. The molecule has 0 N–H and O–H groups in total. The number of Topliss-reactive ketones (excluding diaryl/α,β-unsaturated/α-hetero) is 3. The van der Waals surface area contributed by atoms with Gasteiger partial charge in [0.15, 0.2) is 0 Å². The zero-order chi connectivity index (χ0) is 26.9. The number of rotatable bonds is 12. The molecule has 0 bridgehead atoms. The summed E-state index contributed by atoms with van der Waals surface area (Å²) in [6.45, 7) is 4.04. The number of ketones is 3. The van der Waals surface area contributed by atoms with Gasteiger partial charge < -0.3 is 0 Å². The van der Waals surface area contributed by atoms with Gasteiger partial charge in [-0.2, -0.15) is 0 Å². The third-order valence-corrected chi connectivity index (χ3v) is 6.89. The standard InChI is InChI=1S/C35H34O3/c1-25-9-3-5-15-31(25)23-34(37)21-29-13-7-11-27(17-29)19-33(36)20-28-12-8-14-30(18-28)22-35(38)24-32-16-6-4-10-26(32)2/h3-18H,19-24H2,1-2H3. The van der Waals surface area contributed by atoms with E-state index in [-0.39, 0.29) is 17.3 Å². The van der Waals surface area contributed by atoms with Gasteiger partial charge in [0.1, 0.15) is 17.3 Å². The van der Waals surface area contributed by atoms with Crippen LogP contribution in [-0.2, 0) is 52.9 Å². The van der Waals surface area contributed by atoms with Crippen LogP contribution in [-0.4, -0.2) is 17.3 Å². The van der Waals surface area contributed by atoms with Crippen LogP contribution in [0.4, 0.5) is 0 Å². The Balaban J connectivity index is 1.31. The van der Waals surface area contributed by atoms with Crippen LogP contribution in [0, 0.1) is 13.8 Å². The molecule has 0 radical (unpaired) electrons. The van der Waals surface area contributed by atoms with Gasteiger partial charge in [-0.05, 0) is 58.4 Å². The molecular weight excluding hydrogens is 468 g/mol. The highest BCUT2D eigenvalue weighted by Crippen LogP contribution is 2.15. The third-order valence-electron chi connectivity index (χ3n) is 6.89. The predicted molar refractivity (Wildman–Crippen MR) is 152 cm³/mol. The topological polar surface area (TPSA) is 51.2 Å². The van der Waals surface area contributed by atoms with Crippen LogP contribution < -0.4 is 0 Å². The van der Waals surface area contributed by atoms with Crippen LogP contribution in [0.15, 0.2) is 97.1 Å². The molecule has 0 fully saturated rings. The fourth-order valence-electron chi connectivity index (χ4n) is 4.84. The van der Waals surface area contributed by atoms with Crippen LogP contribution >= 0.6 is 0 Å². The molecule has 4 rings (SSSR count). The minimum atomic E-state index is 0.108. The monoisotopic (exact) mass is 502 g/mol. The van der Waals surface area contributed by atoms with Gasteiger partial charge in [-0.1, -0.05) is 97.1 Å². The van der Waals surface area contributed by atoms with E-state index in [1.54, 1.807) is 0 Å². The van der Waals surface area contributed by atoms with Crippen LogP contribution in [0.2, 0.25) is 0 Å². The Labute approximate surface area is 225 Å². The first-order valence-electron chi connectivity index (χ1n) is 13.2. The molecule has 0 amide bonds. The van der Waals surface area contributed by atoms with E-state index in [0.29, 0.717) is 38.5 Å². The van der Waals surface area contributed by atoms with Crippen molar-refractivity contribution in [1.82, 2.24) is 0 Å². The number of carbonyl (C=O) groups excluding carboxylic acids is 3. The molecule has 0 aliphatic heterocycles. The average molecular weight is 503 g/mol. The van der Waals surface area contributed by atoms with Crippen molar-refractivity contribution < 1.29 is 14.4 Å². The maximum atomic E-state index is 12.9. The van der Waals surface area contributed by atoms with Gasteiger partial charge in [-0.3, -0.25) is 14.4 Å². The lowest BCUT2D eigenvalue weighted by atomic mass is 9.96. The lowest BCUT2D eigenvalue weighted by Gasteiger charge is -2.08. The van der Waals surface area contributed by atoms with Gasteiger partial charge in [0.2, 0.25) is 0 Å². The second-order valence-corrected chi connectivity index (χ2v) is 10.2.